The van der Waals surface area contributed by atoms with Crippen molar-refractivity contribution < 1.29 is 32.2 Å². The minimum Gasteiger partial charge on any atom is -0.495 e. The largest absolute Gasteiger partial charge is 0.495 e. The number of benzene rings is 2. The molecule has 9 heteroatoms. The first-order valence-corrected chi connectivity index (χ1v) is 8.75. The van der Waals surface area contributed by atoms with Crippen LogP contribution in [0.2, 0.25) is 0 Å². The molecule has 1 heterocycles. The Labute approximate surface area is 165 Å². The molecule has 0 spiro atoms. The van der Waals surface area contributed by atoms with Crippen LogP contribution in [-0.2, 0) is 15.8 Å². The van der Waals surface area contributed by atoms with Crippen LogP contribution in [-0.4, -0.2) is 37.4 Å². The van der Waals surface area contributed by atoms with Gasteiger partial charge in [0.05, 0.1) is 24.3 Å². The molecule has 0 aromatic heterocycles. The fourth-order valence-corrected chi connectivity index (χ4v) is 2.97. The van der Waals surface area contributed by atoms with E-state index >= 15 is 0 Å². The van der Waals surface area contributed by atoms with E-state index in [9.17, 15) is 22.8 Å². The average molecular weight is 408 g/mol. The highest BCUT2D eigenvalue weighted by atomic mass is 19.4. The highest BCUT2D eigenvalue weighted by Crippen LogP contribution is 2.34. The normalized spacial score (nSPS) is 16.7. The Morgan fingerprint density at radius 1 is 1.14 bits per heavy atom. The van der Waals surface area contributed by atoms with Crippen molar-refractivity contribution in [3.8, 4) is 17.2 Å². The molecule has 1 fully saturated rings. The molecule has 3 rings (SSSR count). The summed E-state index contributed by atoms with van der Waals surface area (Å²) in [6.07, 6.45) is -4.29. The second kappa shape index (κ2) is 8.02. The first kappa shape index (κ1) is 20.5. The van der Waals surface area contributed by atoms with Crippen LogP contribution in [0.3, 0.4) is 0 Å². The maximum atomic E-state index is 12.7. The minimum atomic E-state index is -4.42. The van der Waals surface area contributed by atoms with Crippen LogP contribution < -0.4 is 14.8 Å². The van der Waals surface area contributed by atoms with Crippen molar-refractivity contribution in [1.29, 1.82) is 0 Å². The van der Waals surface area contributed by atoms with Crippen molar-refractivity contribution in [3.63, 3.8) is 0 Å². The van der Waals surface area contributed by atoms with E-state index in [0.29, 0.717) is 23.7 Å². The third kappa shape index (κ3) is 4.79. The van der Waals surface area contributed by atoms with Crippen LogP contribution in [0.15, 0.2) is 42.5 Å². The molecule has 0 saturated carbocycles. The van der Waals surface area contributed by atoms with E-state index in [0.717, 1.165) is 12.1 Å². The summed E-state index contributed by atoms with van der Waals surface area (Å²) in [5.41, 5.74) is -0.437. The molecule has 154 valence electrons. The molecule has 1 aliphatic heterocycles. The van der Waals surface area contributed by atoms with Gasteiger partial charge in [0.2, 0.25) is 11.8 Å². The molecule has 29 heavy (non-hydrogen) atoms. The molecule has 1 unspecified atom stereocenters. The van der Waals surface area contributed by atoms with E-state index in [1.807, 2.05) is 0 Å². The molecule has 1 aliphatic rings. The lowest BCUT2D eigenvalue weighted by molar-refractivity contribution is -0.137. The van der Waals surface area contributed by atoms with Gasteiger partial charge in [-0.1, -0.05) is 0 Å². The number of anilines is 1. The predicted molar refractivity (Wildman–Crippen MR) is 98.9 cm³/mol. The Hall–Kier alpha value is -3.23. The lowest BCUT2D eigenvalue weighted by atomic mass is 10.1. The summed E-state index contributed by atoms with van der Waals surface area (Å²) < 4.78 is 48.8. The van der Waals surface area contributed by atoms with Gasteiger partial charge in [-0.3, -0.25) is 9.59 Å². The number of amides is 2. The molecule has 0 aliphatic carbocycles. The number of rotatable bonds is 5. The second-order valence-electron chi connectivity index (χ2n) is 6.65. The average Bonchev–Trinajstić information content (AvgIpc) is 3.01. The first-order chi connectivity index (χ1) is 13.7. The van der Waals surface area contributed by atoms with Crippen molar-refractivity contribution in [2.24, 2.45) is 5.92 Å². The quantitative estimate of drug-likeness (QED) is 0.814. The van der Waals surface area contributed by atoms with Crippen molar-refractivity contribution in [2.75, 3.05) is 26.0 Å². The van der Waals surface area contributed by atoms with Crippen molar-refractivity contribution in [3.05, 3.63) is 48.0 Å². The van der Waals surface area contributed by atoms with Gasteiger partial charge in [-0.25, -0.2) is 0 Å². The Balaban J connectivity index is 1.75. The second-order valence-corrected chi connectivity index (χ2v) is 6.65. The van der Waals surface area contributed by atoms with E-state index in [-0.39, 0.29) is 24.0 Å². The highest BCUT2D eigenvalue weighted by molar-refractivity contribution is 5.98. The van der Waals surface area contributed by atoms with E-state index < -0.39 is 17.7 Å². The maximum Gasteiger partial charge on any atom is 0.416 e. The van der Waals surface area contributed by atoms with Crippen LogP contribution in [0, 0.1) is 5.92 Å². The number of likely N-dealkylation sites (tertiary alicyclic amines) is 1. The van der Waals surface area contributed by atoms with Gasteiger partial charge >= 0.3 is 6.18 Å². The minimum absolute atomic E-state index is 0.100. The zero-order chi connectivity index (χ0) is 21.2. The molecule has 0 radical (unpaired) electrons. The maximum absolute atomic E-state index is 12.7. The van der Waals surface area contributed by atoms with Crippen molar-refractivity contribution in [2.45, 2.75) is 12.6 Å². The lowest BCUT2D eigenvalue weighted by Gasteiger charge is -2.15. The fraction of sp³-hybridized carbons (Fsp3) is 0.300. The zero-order valence-electron chi connectivity index (χ0n) is 15.7. The topological polar surface area (TPSA) is 67.9 Å². The number of nitrogens with one attached hydrogen (secondary N) is 1. The Morgan fingerprint density at radius 3 is 2.34 bits per heavy atom. The number of halogens is 3. The summed E-state index contributed by atoms with van der Waals surface area (Å²) in [4.78, 5) is 25.6. The van der Waals surface area contributed by atoms with Gasteiger partial charge in [-0.05, 0) is 36.4 Å². The lowest BCUT2D eigenvalue weighted by Crippen LogP contribution is -2.25. The van der Waals surface area contributed by atoms with Gasteiger partial charge in [0.25, 0.3) is 0 Å². The monoisotopic (exact) mass is 408 g/mol. The third-order valence-corrected chi connectivity index (χ3v) is 4.56. The van der Waals surface area contributed by atoms with Crippen molar-refractivity contribution >= 4 is 17.5 Å². The van der Waals surface area contributed by atoms with Gasteiger partial charge in [0, 0.05) is 26.1 Å². The molecule has 2 aromatic rings. The number of carbonyl (C=O) groups is 2. The number of hydrogen-bond acceptors (Lipinski definition) is 4. The standard InChI is InChI=1S/C20H19F3N2O4/c1-25-11-12(9-18(25)26)19(27)24-16-10-15(7-8-17(16)28-2)29-14-5-3-13(4-6-14)20(21,22)23/h3-8,10,12H,9,11H2,1-2H3,(H,24,27). The van der Waals surface area contributed by atoms with Crippen molar-refractivity contribution in [1.82, 2.24) is 4.90 Å². The number of carbonyl (C=O) groups excluding carboxylic acids is 2. The summed E-state index contributed by atoms with van der Waals surface area (Å²) in [6.45, 7) is 0.328. The van der Waals surface area contributed by atoms with Gasteiger partial charge in [0.15, 0.2) is 0 Å². The molecule has 1 atom stereocenters. The van der Waals surface area contributed by atoms with Crippen LogP contribution in [0.25, 0.3) is 0 Å². The summed E-state index contributed by atoms with van der Waals surface area (Å²) in [6, 6.07) is 8.93. The summed E-state index contributed by atoms with van der Waals surface area (Å²) in [5.74, 6) is 0.000562. The molecule has 2 amide bonds. The summed E-state index contributed by atoms with van der Waals surface area (Å²) in [5, 5.41) is 2.73. The molecule has 6 nitrogen and oxygen atoms in total. The van der Waals surface area contributed by atoms with E-state index in [1.54, 1.807) is 19.2 Å². The van der Waals surface area contributed by atoms with Gasteiger partial charge in [0.1, 0.15) is 17.2 Å². The number of hydrogen-bond donors (Lipinski definition) is 1. The van der Waals surface area contributed by atoms with Crippen LogP contribution in [0.5, 0.6) is 17.2 Å². The SMILES string of the molecule is COc1ccc(Oc2ccc(C(F)(F)F)cc2)cc1NC(=O)C1CC(=O)N(C)C1. The Morgan fingerprint density at radius 2 is 1.79 bits per heavy atom. The molecular weight excluding hydrogens is 389 g/mol. The smallest absolute Gasteiger partial charge is 0.416 e. The molecular formula is C20H19F3N2O4. The first-order valence-electron chi connectivity index (χ1n) is 8.75. The predicted octanol–water partition coefficient (Wildman–Crippen LogP) is 3.92. The third-order valence-electron chi connectivity index (χ3n) is 4.56. The zero-order valence-corrected chi connectivity index (χ0v) is 15.7. The Bertz CT molecular complexity index is 913. The fourth-order valence-electron chi connectivity index (χ4n) is 2.97. The van der Waals surface area contributed by atoms with Gasteiger partial charge in [-0.2, -0.15) is 13.2 Å². The van der Waals surface area contributed by atoms with Crippen LogP contribution in [0.1, 0.15) is 12.0 Å². The summed E-state index contributed by atoms with van der Waals surface area (Å²) >= 11 is 0. The van der Waals surface area contributed by atoms with Gasteiger partial charge in [-0.15, -0.1) is 0 Å². The number of nitrogens with zero attached hydrogens (tertiary/aromatic N) is 1. The molecule has 0 bridgehead atoms. The van der Waals surface area contributed by atoms with E-state index in [1.165, 1.54) is 30.2 Å². The number of alkyl halides is 3. The van der Waals surface area contributed by atoms with E-state index in [2.05, 4.69) is 5.32 Å². The number of ether oxygens (including phenoxy) is 2. The highest BCUT2D eigenvalue weighted by Gasteiger charge is 2.32. The van der Waals surface area contributed by atoms with Crippen LogP contribution >= 0.6 is 0 Å². The van der Waals surface area contributed by atoms with E-state index in [4.69, 9.17) is 9.47 Å². The molecule has 1 N–H and O–H groups in total. The van der Waals surface area contributed by atoms with Crippen LogP contribution in [0.4, 0.5) is 18.9 Å². The Kier molecular flexibility index (Phi) is 5.67. The molecule has 2 aromatic carbocycles. The summed E-state index contributed by atoms with van der Waals surface area (Å²) in [7, 11) is 3.07. The molecule has 1 saturated heterocycles. The number of methoxy groups -OCH3 is 1. The van der Waals surface area contributed by atoms with Gasteiger partial charge < -0.3 is 19.7 Å².